The van der Waals surface area contributed by atoms with Crippen LogP contribution in [0.15, 0.2) is 22.7 Å². The van der Waals surface area contributed by atoms with E-state index < -0.39 is 5.97 Å². The molecule has 1 rings (SSSR count). The first kappa shape index (κ1) is 16.5. The Balaban J connectivity index is 2.66. The molecule has 0 aliphatic heterocycles. The maximum atomic E-state index is 11.7. The molecule has 1 aromatic rings. The van der Waals surface area contributed by atoms with Gasteiger partial charge in [0.15, 0.2) is 6.61 Å². The minimum absolute atomic E-state index is 0.0220. The molecule has 5 nitrogen and oxygen atoms in total. The number of ether oxygens (including phenoxy) is 1. The van der Waals surface area contributed by atoms with Gasteiger partial charge in [-0.25, -0.2) is 4.79 Å². The zero-order chi connectivity index (χ0) is 15.1. The smallest absolute Gasteiger partial charge is 0.339 e. The Kier molecular flexibility index (Phi) is 6.51. The van der Waals surface area contributed by atoms with E-state index >= 15 is 0 Å². The molecular formula is C14H18BrNO4. The van der Waals surface area contributed by atoms with Gasteiger partial charge in [-0.2, -0.15) is 0 Å². The number of benzene rings is 1. The molecule has 0 heterocycles. The lowest BCUT2D eigenvalue weighted by atomic mass is 10.2. The lowest BCUT2D eigenvalue weighted by Crippen LogP contribution is -2.36. The van der Waals surface area contributed by atoms with Crippen LogP contribution >= 0.6 is 15.9 Å². The maximum absolute atomic E-state index is 11.7. The molecule has 20 heavy (non-hydrogen) atoms. The first-order chi connectivity index (χ1) is 9.45. The van der Waals surface area contributed by atoms with Gasteiger partial charge < -0.3 is 15.2 Å². The number of carboxylic acids is 1. The summed E-state index contributed by atoms with van der Waals surface area (Å²) in [5.74, 6) is -1.20. The second kappa shape index (κ2) is 7.89. The zero-order valence-electron chi connectivity index (χ0n) is 11.5. The van der Waals surface area contributed by atoms with Gasteiger partial charge in [-0.15, -0.1) is 0 Å². The molecule has 6 heteroatoms. The van der Waals surface area contributed by atoms with Crippen LogP contribution < -0.4 is 10.1 Å². The van der Waals surface area contributed by atoms with Crippen molar-refractivity contribution in [1.82, 2.24) is 5.32 Å². The maximum Gasteiger partial charge on any atom is 0.339 e. The normalized spacial score (nSPS) is 11.8. The van der Waals surface area contributed by atoms with E-state index in [0.717, 1.165) is 12.8 Å². The molecule has 1 aromatic carbocycles. The Morgan fingerprint density at radius 3 is 2.75 bits per heavy atom. The summed E-state index contributed by atoms with van der Waals surface area (Å²) in [6.07, 6.45) is 1.87. The number of carboxylic acid groups (broad SMARTS) is 1. The van der Waals surface area contributed by atoms with Gasteiger partial charge in [-0.3, -0.25) is 4.79 Å². The van der Waals surface area contributed by atoms with Crippen LogP contribution in [0.25, 0.3) is 0 Å². The van der Waals surface area contributed by atoms with E-state index in [1.807, 2.05) is 13.8 Å². The SMILES string of the molecule is CCCC(C)NC(=O)COc1c(Br)cccc1C(=O)O. The van der Waals surface area contributed by atoms with Crippen LogP contribution in [-0.2, 0) is 4.79 Å². The highest BCUT2D eigenvalue weighted by atomic mass is 79.9. The van der Waals surface area contributed by atoms with Crippen LogP contribution in [0.4, 0.5) is 0 Å². The summed E-state index contributed by atoms with van der Waals surface area (Å²) in [6, 6.07) is 4.78. The van der Waals surface area contributed by atoms with Gasteiger partial charge >= 0.3 is 5.97 Å². The molecule has 1 amide bonds. The molecule has 0 bridgehead atoms. The van der Waals surface area contributed by atoms with E-state index in [0.29, 0.717) is 4.47 Å². The molecule has 0 aromatic heterocycles. The van der Waals surface area contributed by atoms with Gasteiger partial charge in [0.2, 0.25) is 0 Å². The summed E-state index contributed by atoms with van der Waals surface area (Å²) in [5, 5.41) is 11.9. The molecule has 0 saturated heterocycles. The highest BCUT2D eigenvalue weighted by molar-refractivity contribution is 9.10. The summed E-state index contributed by atoms with van der Waals surface area (Å²) in [6.45, 7) is 3.75. The van der Waals surface area contributed by atoms with Crippen molar-refractivity contribution in [3.63, 3.8) is 0 Å². The number of carbonyl (C=O) groups is 2. The molecular weight excluding hydrogens is 326 g/mol. The van der Waals surface area contributed by atoms with E-state index in [4.69, 9.17) is 9.84 Å². The molecule has 0 fully saturated rings. The first-order valence-corrected chi connectivity index (χ1v) is 7.19. The second-order valence-electron chi connectivity index (χ2n) is 4.47. The van der Waals surface area contributed by atoms with Crippen molar-refractivity contribution >= 4 is 27.8 Å². The number of rotatable bonds is 7. The average molecular weight is 344 g/mol. The molecule has 0 saturated carbocycles. The molecule has 110 valence electrons. The number of aromatic carboxylic acids is 1. The van der Waals surface area contributed by atoms with Gasteiger partial charge in [0.05, 0.1) is 4.47 Å². The topological polar surface area (TPSA) is 75.6 Å². The molecule has 0 aliphatic carbocycles. The highest BCUT2D eigenvalue weighted by Crippen LogP contribution is 2.29. The van der Waals surface area contributed by atoms with Crippen molar-refractivity contribution in [2.75, 3.05) is 6.61 Å². The van der Waals surface area contributed by atoms with Crippen LogP contribution in [0.2, 0.25) is 0 Å². The van der Waals surface area contributed by atoms with E-state index in [1.165, 1.54) is 6.07 Å². The van der Waals surface area contributed by atoms with E-state index in [2.05, 4.69) is 21.2 Å². The third kappa shape index (κ3) is 4.85. The predicted octanol–water partition coefficient (Wildman–Crippen LogP) is 2.83. The Morgan fingerprint density at radius 2 is 2.15 bits per heavy atom. The van der Waals surface area contributed by atoms with Gasteiger partial charge in [0.1, 0.15) is 11.3 Å². The molecule has 0 radical (unpaired) electrons. The Morgan fingerprint density at radius 1 is 1.45 bits per heavy atom. The minimum atomic E-state index is -1.10. The summed E-state index contributed by atoms with van der Waals surface area (Å²) >= 11 is 3.22. The predicted molar refractivity (Wildman–Crippen MR) is 79.1 cm³/mol. The van der Waals surface area contributed by atoms with E-state index in [1.54, 1.807) is 12.1 Å². The molecule has 1 atom stereocenters. The second-order valence-corrected chi connectivity index (χ2v) is 5.32. The standard InChI is InChI=1S/C14H18BrNO4/c1-3-5-9(2)16-12(17)8-20-13-10(14(18)19)6-4-7-11(13)15/h4,6-7,9H,3,5,8H2,1-2H3,(H,16,17)(H,18,19). The molecule has 1 unspecified atom stereocenters. The number of hydrogen-bond donors (Lipinski definition) is 2. The average Bonchev–Trinajstić information content (AvgIpc) is 2.37. The third-order valence-electron chi connectivity index (χ3n) is 2.67. The van der Waals surface area contributed by atoms with Crippen molar-refractivity contribution in [2.24, 2.45) is 0 Å². The zero-order valence-corrected chi connectivity index (χ0v) is 13.1. The van der Waals surface area contributed by atoms with Crippen LogP contribution in [0.5, 0.6) is 5.75 Å². The number of para-hydroxylation sites is 1. The Hall–Kier alpha value is -1.56. The summed E-state index contributed by atoms with van der Waals surface area (Å²) in [4.78, 5) is 22.8. The highest BCUT2D eigenvalue weighted by Gasteiger charge is 2.16. The largest absolute Gasteiger partial charge is 0.482 e. The third-order valence-corrected chi connectivity index (χ3v) is 3.30. The quantitative estimate of drug-likeness (QED) is 0.798. The number of carbonyl (C=O) groups excluding carboxylic acids is 1. The summed E-state index contributed by atoms with van der Waals surface area (Å²) in [5.41, 5.74) is 0.0220. The monoisotopic (exact) mass is 343 g/mol. The van der Waals surface area contributed by atoms with Crippen molar-refractivity contribution in [1.29, 1.82) is 0 Å². The lowest BCUT2D eigenvalue weighted by Gasteiger charge is -2.14. The minimum Gasteiger partial charge on any atom is -0.482 e. The van der Waals surface area contributed by atoms with E-state index in [-0.39, 0.29) is 29.9 Å². The van der Waals surface area contributed by atoms with Crippen molar-refractivity contribution < 1.29 is 19.4 Å². The fourth-order valence-electron chi connectivity index (χ4n) is 1.78. The van der Waals surface area contributed by atoms with Gasteiger partial charge in [-0.1, -0.05) is 19.4 Å². The fraction of sp³-hybridized carbons (Fsp3) is 0.429. The number of amides is 1. The van der Waals surface area contributed by atoms with Crippen LogP contribution in [0.1, 0.15) is 37.0 Å². The number of halogens is 1. The van der Waals surface area contributed by atoms with Crippen molar-refractivity contribution in [2.45, 2.75) is 32.7 Å². The molecule has 0 aliphatic rings. The van der Waals surface area contributed by atoms with Crippen molar-refractivity contribution in [3.05, 3.63) is 28.2 Å². The van der Waals surface area contributed by atoms with E-state index in [9.17, 15) is 9.59 Å². The van der Waals surface area contributed by atoms with Gasteiger partial charge in [0, 0.05) is 6.04 Å². The van der Waals surface area contributed by atoms with Gasteiger partial charge in [0.25, 0.3) is 5.91 Å². The van der Waals surface area contributed by atoms with Crippen molar-refractivity contribution in [3.8, 4) is 5.75 Å². The van der Waals surface area contributed by atoms with Crippen LogP contribution in [0.3, 0.4) is 0 Å². The Bertz CT molecular complexity index is 490. The van der Waals surface area contributed by atoms with Crippen LogP contribution in [-0.4, -0.2) is 29.6 Å². The number of nitrogens with one attached hydrogen (secondary N) is 1. The van der Waals surface area contributed by atoms with Gasteiger partial charge in [-0.05, 0) is 41.4 Å². The molecule has 2 N–H and O–H groups in total. The summed E-state index contributed by atoms with van der Waals surface area (Å²) < 4.78 is 5.84. The lowest BCUT2D eigenvalue weighted by molar-refractivity contribution is -0.123. The summed E-state index contributed by atoms with van der Waals surface area (Å²) in [7, 11) is 0. The number of hydrogen-bond acceptors (Lipinski definition) is 3. The first-order valence-electron chi connectivity index (χ1n) is 6.39. The van der Waals surface area contributed by atoms with Crippen LogP contribution in [0, 0.1) is 0 Å². The fourth-order valence-corrected chi connectivity index (χ4v) is 2.26. The Labute approximate surface area is 126 Å². The molecule has 0 spiro atoms.